The third-order valence-corrected chi connectivity index (χ3v) is 5.05. The van der Waals surface area contributed by atoms with Crippen molar-refractivity contribution in [3.63, 3.8) is 0 Å². The number of hydrogen-bond donors (Lipinski definition) is 2. The number of hydrogen-bond acceptors (Lipinski definition) is 5. The Morgan fingerprint density at radius 2 is 2.22 bits per heavy atom. The first-order valence-corrected chi connectivity index (χ1v) is 9.40. The van der Waals surface area contributed by atoms with E-state index in [0.29, 0.717) is 36.1 Å². The number of nitrogens with zero attached hydrogens (tertiary/aromatic N) is 3. The van der Waals surface area contributed by atoms with Crippen LogP contribution in [0.5, 0.6) is 0 Å². The van der Waals surface area contributed by atoms with Gasteiger partial charge in [-0.3, -0.25) is 14.5 Å². The Bertz CT molecular complexity index is 866. The summed E-state index contributed by atoms with van der Waals surface area (Å²) in [6.07, 6.45) is 0.129. The summed E-state index contributed by atoms with van der Waals surface area (Å²) >= 11 is 1.35. The van der Waals surface area contributed by atoms with Crippen molar-refractivity contribution in [3.8, 4) is 0 Å². The van der Waals surface area contributed by atoms with Crippen molar-refractivity contribution in [2.75, 3.05) is 30.4 Å². The second kappa shape index (κ2) is 8.17. The summed E-state index contributed by atoms with van der Waals surface area (Å²) in [5, 5.41) is 7.97. The van der Waals surface area contributed by atoms with Crippen molar-refractivity contribution in [3.05, 3.63) is 40.9 Å². The van der Waals surface area contributed by atoms with E-state index in [4.69, 9.17) is 0 Å². The molecule has 1 saturated heterocycles. The molecule has 2 N–H and O–H groups in total. The van der Waals surface area contributed by atoms with E-state index in [1.165, 1.54) is 18.3 Å². The average Bonchev–Trinajstić information content (AvgIpc) is 3.23. The molecule has 0 atom stereocenters. The molecule has 9 heteroatoms. The molecular weight excluding hydrogens is 366 g/mol. The van der Waals surface area contributed by atoms with Crippen molar-refractivity contribution in [1.29, 1.82) is 0 Å². The van der Waals surface area contributed by atoms with E-state index in [2.05, 4.69) is 15.6 Å². The van der Waals surface area contributed by atoms with Crippen LogP contribution < -0.4 is 15.5 Å². The molecule has 2 heterocycles. The first-order chi connectivity index (χ1) is 12.9. The van der Waals surface area contributed by atoms with Crippen molar-refractivity contribution < 1.29 is 14.4 Å². The standard InChI is InChI=1S/C18H21N5O3S/c1-12(24)22(2)10-13-4-3-5-14(8-13)20-16(25)9-15-11-27-18(21-15)23-7-6-19-17(23)26/h3-5,8,11H,6-7,9-10H2,1-2H3,(H,19,26)(H,20,25). The van der Waals surface area contributed by atoms with Crippen LogP contribution in [0.3, 0.4) is 0 Å². The van der Waals surface area contributed by atoms with Crippen LogP contribution in [-0.2, 0) is 22.6 Å². The molecule has 8 nitrogen and oxygen atoms in total. The van der Waals surface area contributed by atoms with Gasteiger partial charge in [0.05, 0.1) is 12.1 Å². The van der Waals surface area contributed by atoms with E-state index in [-0.39, 0.29) is 24.3 Å². The lowest BCUT2D eigenvalue weighted by Crippen LogP contribution is -2.27. The summed E-state index contributed by atoms with van der Waals surface area (Å²) in [5.74, 6) is -0.203. The smallest absolute Gasteiger partial charge is 0.323 e. The number of carbonyl (C=O) groups excluding carboxylic acids is 3. The molecule has 0 unspecified atom stereocenters. The minimum Gasteiger partial charge on any atom is -0.342 e. The first kappa shape index (κ1) is 18.8. The summed E-state index contributed by atoms with van der Waals surface area (Å²) in [7, 11) is 1.73. The number of aromatic nitrogens is 1. The molecule has 4 amide bonds. The zero-order valence-corrected chi connectivity index (χ0v) is 16.0. The Morgan fingerprint density at radius 1 is 1.41 bits per heavy atom. The predicted molar refractivity (Wildman–Crippen MR) is 104 cm³/mol. The number of urea groups is 1. The van der Waals surface area contributed by atoms with Gasteiger partial charge in [-0.15, -0.1) is 11.3 Å². The van der Waals surface area contributed by atoms with Crippen LogP contribution in [0.15, 0.2) is 29.6 Å². The molecule has 1 fully saturated rings. The van der Waals surface area contributed by atoms with Gasteiger partial charge in [0.2, 0.25) is 11.8 Å². The Labute approximate surface area is 161 Å². The second-order valence-electron chi connectivity index (χ2n) is 6.31. The van der Waals surface area contributed by atoms with Gasteiger partial charge in [0, 0.05) is 44.7 Å². The van der Waals surface area contributed by atoms with E-state index in [1.807, 2.05) is 18.2 Å². The molecule has 0 bridgehead atoms. The zero-order valence-electron chi connectivity index (χ0n) is 15.2. The molecule has 1 aliphatic heterocycles. The van der Waals surface area contributed by atoms with Crippen LogP contribution in [-0.4, -0.2) is 47.9 Å². The van der Waals surface area contributed by atoms with Crippen LogP contribution in [0.25, 0.3) is 0 Å². The largest absolute Gasteiger partial charge is 0.342 e. The highest BCUT2D eigenvalue weighted by Gasteiger charge is 2.24. The third kappa shape index (κ3) is 4.82. The van der Waals surface area contributed by atoms with Crippen LogP contribution >= 0.6 is 11.3 Å². The van der Waals surface area contributed by atoms with Crippen molar-refractivity contribution >= 4 is 40.0 Å². The molecule has 2 aromatic rings. The Morgan fingerprint density at radius 3 is 2.93 bits per heavy atom. The van der Waals surface area contributed by atoms with Crippen molar-refractivity contribution in [2.45, 2.75) is 19.9 Å². The number of thiazole rings is 1. The molecule has 0 saturated carbocycles. The van der Waals surface area contributed by atoms with Gasteiger partial charge >= 0.3 is 6.03 Å². The number of amides is 4. The molecule has 27 heavy (non-hydrogen) atoms. The molecule has 1 aromatic carbocycles. The van der Waals surface area contributed by atoms with E-state index in [9.17, 15) is 14.4 Å². The van der Waals surface area contributed by atoms with Crippen LogP contribution in [0.2, 0.25) is 0 Å². The van der Waals surface area contributed by atoms with Crippen LogP contribution in [0.4, 0.5) is 15.6 Å². The van der Waals surface area contributed by atoms with E-state index in [0.717, 1.165) is 5.56 Å². The van der Waals surface area contributed by atoms with Gasteiger partial charge < -0.3 is 15.5 Å². The Hall–Kier alpha value is -2.94. The average molecular weight is 387 g/mol. The maximum Gasteiger partial charge on any atom is 0.323 e. The quantitative estimate of drug-likeness (QED) is 0.791. The van der Waals surface area contributed by atoms with Gasteiger partial charge in [-0.2, -0.15) is 0 Å². The van der Waals surface area contributed by atoms with Gasteiger partial charge in [0.25, 0.3) is 0 Å². The summed E-state index contributed by atoms with van der Waals surface area (Å²) in [4.78, 5) is 42.9. The molecule has 0 aliphatic carbocycles. The topological polar surface area (TPSA) is 94.6 Å². The molecule has 1 aliphatic rings. The summed E-state index contributed by atoms with van der Waals surface area (Å²) in [6, 6.07) is 7.23. The Balaban J connectivity index is 1.59. The summed E-state index contributed by atoms with van der Waals surface area (Å²) < 4.78 is 0. The monoisotopic (exact) mass is 387 g/mol. The van der Waals surface area contributed by atoms with Gasteiger partial charge in [0.1, 0.15) is 0 Å². The lowest BCUT2D eigenvalue weighted by molar-refractivity contribution is -0.128. The molecular formula is C18H21N5O3S. The Kier molecular flexibility index (Phi) is 5.70. The number of benzene rings is 1. The number of carbonyl (C=O) groups is 3. The highest BCUT2D eigenvalue weighted by Crippen LogP contribution is 2.22. The second-order valence-corrected chi connectivity index (χ2v) is 7.14. The third-order valence-electron chi connectivity index (χ3n) is 4.14. The fourth-order valence-corrected chi connectivity index (χ4v) is 3.51. The minimum atomic E-state index is -0.185. The highest BCUT2D eigenvalue weighted by atomic mass is 32.1. The lowest BCUT2D eigenvalue weighted by atomic mass is 10.2. The maximum absolute atomic E-state index is 12.3. The van der Waals surface area contributed by atoms with Gasteiger partial charge in [-0.05, 0) is 17.7 Å². The van der Waals surface area contributed by atoms with Crippen LogP contribution in [0, 0.1) is 0 Å². The minimum absolute atomic E-state index is 0.0181. The van der Waals surface area contributed by atoms with Gasteiger partial charge in [-0.25, -0.2) is 9.78 Å². The molecule has 3 rings (SSSR count). The van der Waals surface area contributed by atoms with E-state index >= 15 is 0 Å². The van der Waals surface area contributed by atoms with E-state index in [1.54, 1.807) is 28.3 Å². The summed E-state index contributed by atoms with van der Waals surface area (Å²) in [5.41, 5.74) is 2.23. The van der Waals surface area contributed by atoms with Crippen molar-refractivity contribution in [1.82, 2.24) is 15.2 Å². The zero-order chi connectivity index (χ0) is 19.4. The lowest BCUT2D eigenvalue weighted by Gasteiger charge is -2.15. The van der Waals surface area contributed by atoms with Crippen LogP contribution in [0.1, 0.15) is 18.2 Å². The highest BCUT2D eigenvalue weighted by molar-refractivity contribution is 7.14. The van der Waals surface area contributed by atoms with Gasteiger partial charge in [-0.1, -0.05) is 12.1 Å². The van der Waals surface area contributed by atoms with E-state index < -0.39 is 0 Å². The fraction of sp³-hybridized carbons (Fsp3) is 0.333. The molecule has 0 spiro atoms. The predicted octanol–water partition coefficient (Wildman–Crippen LogP) is 1.83. The molecule has 0 radical (unpaired) electrons. The fourth-order valence-electron chi connectivity index (χ4n) is 2.66. The van der Waals surface area contributed by atoms with Crippen molar-refractivity contribution in [2.24, 2.45) is 0 Å². The maximum atomic E-state index is 12.3. The summed E-state index contributed by atoms with van der Waals surface area (Å²) in [6.45, 7) is 3.18. The normalized spacial score (nSPS) is 13.4. The number of rotatable bonds is 6. The molecule has 1 aromatic heterocycles. The number of anilines is 2. The number of nitrogens with one attached hydrogen (secondary N) is 2. The SMILES string of the molecule is CC(=O)N(C)Cc1cccc(NC(=O)Cc2csc(N3CCNC3=O)n2)c1. The first-order valence-electron chi connectivity index (χ1n) is 8.52. The molecule has 142 valence electrons. The van der Waals surface area contributed by atoms with Gasteiger partial charge in [0.15, 0.2) is 5.13 Å².